The van der Waals surface area contributed by atoms with Crippen molar-refractivity contribution in [3.8, 4) is 0 Å². The second-order valence-electron chi connectivity index (χ2n) is 7.59. The molecular weight excluding hydrogens is 448 g/mol. The predicted molar refractivity (Wildman–Crippen MR) is 123 cm³/mol. The Hall–Kier alpha value is -2.92. The number of benzene rings is 2. The summed E-state index contributed by atoms with van der Waals surface area (Å²) < 4.78 is 0. The molecule has 33 heavy (non-hydrogen) atoms. The number of hydrogen-bond acceptors (Lipinski definition) is 8. The maximum atomic E-state index is 11.8. The van der Waals surface area contributed by atoms with E-state index >= 15 is 0 Å². The predicted octanol–water partition coefficient (Wildman–Crippen LogP) is 1.65. The zero-order valence-corrected chi connectivity index (χ0v) is 18.5. The molecule has 1 fully saturated rings. The van der Waals surface area contributed by atoms with Crippen molar-refractivity contribution in [2.75, 3.05) is 13.1 Å². The number of aliphatic hydroxyl groups excluding tert-OH is 2. The number of aliphatic carboxylic acids is 2. The van der Waals surface area contributed by atoms with Crippen molar-refractivity contribution < 1.29 is 35.1 Å². The summed E-state index contributed by atoms with van der Waals surface area (Å²) in [7, 11) is 0. The average Bonchev–Trinajstić information content (AvgIpc) is 2.96. The highest BCUT2D eigenvalue weighted by atomic mass is 32.2. The summed E-state index contributed by atoms with van der Waals surface area (Å²) in [6, 6.07) is 20.3. The molecule has 0 aliphatic carbocycles. The van der Waals surface area contributed by atoms with Gasteiger partial charge in [-0.15, -0.1) is 0 Å². The van der Waals surface area contributed by atoms with Gasteiger partial charge in [-0.1, -0.05) is 72.4 Å². The van der Waals surface area contributed by atoms with Crippen molar-refractivity contribution in [1.82, 2.24) is 4.90 Å². The van der Waals surface area contributed by atoms with Gasteiger partial charge in [0.1, 0.15) is 0 Å². The lowest BCUT2D eigenvalue weighted by atomic mass is 9.92. The Labute approximate surface area is 195 Å². The van der Waals surface area contributed by atoms with Gasteiger partial charge in [-0.05, 0) is 18.4 Å². The quantitative estimate of drug-likeness (QED) is 0.436. The first-order valence-electron chi connectivity index (χ1n) is 10.4. The summed E-state index contributed by atoms with van der Waals surface area (Å²) in [5.41, 5.74) is 1.03. The van der Waals surface area contributed by atoms with Gasteiger partial charge in [-0.3, -0.25) is 4.99 Å². The summed E-state index contributed by atoms with van der Waals surface area (Å²) in [4.78, 5) is 26.4. The Bertz CT molecular complexity index is 971. The summed E-state index contributed by atoms with van der Waals surface area (Å²) in [6.07, 6.45) is -2.39. The fourth-order valence-electron chi connectivity index (χ4n) is 3.67. The van der Waals surface area contributed by atoms with Crippen LogP contribution in [0.5, 0.6) is 0 Å². The minimum atomic E-state index is -2.27. The van der Waals surface area contributed by atoms with Gasteiger partial charge in [0.05, 0.1) is 5.25 Å². The van der Waals surface area contributed by atoms with Crippen LogP contribution >= 0.6 is 11.8 Å². The number of fused-ring (bicyclic) bond motifs is 1. The van der Waals surface area contributed by atoms with Crippen LogP contribution in [0.4, 0.5) is 0 Å². The number of aliphatic imine (C=N–C) groups is 1. The first-order valence-corrected chi connectivity index (χ1v) is 11.3. The van der Waals surface area contributed by atoms with Gasteiger partial charge in [-0.2, -0.15) is 0 Å². The first-order chi connectivity index (χ1) is 15.8. The van der Waals surface area contributed by atoms with E-state index in [0.717, 1.165) is 42.2 Å². The Morgan fingerprint density at radius 2 is 1.48 bits per heavy atom. The number of carbonyl (C=O) groups is 2. The fraction of sp³-hybridized carbons (Fsp3) is 0.348. The summed E-state index contributed by atoms with van der Waals surface area (Å²) in [5.74, 6) is -3.54. The number of rotatable bonds is 5. The zero-order chi connectivity index (χ0) is 24.0. The molecule has 4 atom stereocenters. The zero-order valence-electron chi connectivity index (χ0n) is 17.7. The monoisotopic (exact) mass is 474 g/mol. The highest BCUT2D eigenvalue weighted by Crippen LogP contribution is 2.54. The van der Waals surface area contributed by atoms with E-state index in [1.54, 1.807) is 11.8 Å². The molecule has 0 bridgehead atoms. The number of aliphatic hydroxyl groups is 3. The lowest BCUT2D eigenvalue weighted by molar-refractivity contribution is -0.165. The second kappa shape index (κ2) is 10.8. The number of hydrogen-bond donors (Lipinski definition) is 5. The van der Waals surface area contributed by atoms with Crippen LogP contribution in [0, 0.1) is 0 Å². The van der Waals surface area contributed by atoms with E-state index in [4.69, 9.17) is 25.4 Å². The molecule has 1 saturated heterocycles. The smallest absolute Gasteiger partial charge is 0.335 e. The molecule has 2 aromatic rings. The van der Waals surface area contributed by atoms with Gasteiger partial charge < -0.3 is 30.4 Å². The molecule has 0 radical (unpaired) electrons. The molecule has 9 nitrogen and oxygen atoms in total. The number of carboxylic acids is 2. The van der Waals surface area contributed by atoms with Crippen molar-refractivity contribution in [2.24, 2.45) is 4.99 Å². The highest BCUT2D eigenvalue weighted by molar-refractivity contribution is 8.14. The van der Waals surface area contributed by atoms with Gasteiger partial charge in [0.2, 0.25) is 0 Å². The molecule has 176 valence electrons. The van der Waals surface area contributed by atoms with Gasteiger partial charge in [0.15, 0.2) is 23.1 Å². The van der Waals surface area contributed by atoms with Crippen LogP contribution in [0.3, 0.4) is 0 Å². The van der Waals surface area contributed by atoms with Gasteiger partial charge >= 0.3 is 11.9 Å². The molecule has 2 aliphatic rings. The average molecular weight is 475 g/mol. The van der Waals surface area contributed by atoms with E-state index in [9.17, 15) is 14.7 Å². The number of amidine groups is 1. The Morgan fingerprint density at radius 1 is 0.939 bits per heavy atom. The standard InChI is InChI=1S/C19H20N2OS.C4H6O6/c22-19(16-11-5-2-6-12-16)17(15-9-3-1-4-10-15)23-18-20-13-7-8-14-21(18)19;5-1(3(7)8)2(6)4(9)10/h1-6,9-12,17,22H,7-8,13-14H2;1-2,5-6H,(H,7,8)(H,9,10)/t;1-,2-/m.1/s1. The summed E-state index contributed by atoms with van der Waals surface area (Å²) >= 11 is 1.69. The first kappa shape index (κ1) is 24.7. The number of nitrogens with zero attached hydrogens (tertiary/aromatic N) is 2. The van der Waals surface area contributed by atoms with Crippen LogP contribution in [-0.2, 0) is 15.3 Å². The van der Waals surface area contributed by atoms with Crippen LogP contribution in [0.1, 0.15) is 29.2 Å². The Balaban J connectivity index is 0.000000262. The fourth-order valence-corrected chi connectivity index (χ4v) is 5.13. The van der Waals surface area contributed by atoms with E-state index < -0.39 is 29.9 Å². The topological polar surface area (TPSA) is 151 Å². The third-order valence-electron chi connectivity index (χ3n) is 5.37. The molecule has 5 N–H and O–H groups in total. The van der Waals surface area contributed by atoms with Gasteiger partial charge in [0, 0.05) is 18.7 Å². The maximum absolute atomic E-state index is 11.8. The van der Waals surface area contributed by atoms with Crippen molar-refractivity contribution in [3.63, 3.8) is 0 Å². The van der Waals surface area contributed by atoms with E-state index in [2.05, 4.69) is 17.0 Å². The molecule has 2 aliphatic heterocycles. The van der Waals surface area contributed by atoms with E-state index in [1.165, 1.54) is 0 Å². The molecule has 2 unspecified atom stereocenters. The highest BCUT2D eigenvalue weighted by Gasteiger charge is 2.53. The van der Waals surface area contributed by atoms with Crippen molar-refractivity contribution in [3.05, 3.63) is 71.8 Å². The van der Waals surface area contributed by atoms with Crippen molar-refractivity contribution >= 4 is 28.9 Å². The molecule has 0 spiro atoms. The molecule has 0 amide bonds. The molecule has 0 aromatic heterocycles. The minimum Gasteiger partial charge on any atom is -0.479 e. The van der Waals surface area contributed by atoms with E-state index in [0.29, 0.717) is 0 Å². The minimum absolute atomic E-state index is 0.0667. The third-order valence-corrected chi connectivity index (χ3v) is 6.77. The summed E-state index contributed by atoms with van der Waals surface area (Å²) in [6.45, 7) is 1.70. The molecule has 0 saturated carbocycles. The van der Waals surface area contributed by atoms with Crippen LogP contribution in [0.2, 0.25) is 0 Å². The molecule has 10 heteroatoms. The number of carboxylic acid groups (broad SMARTS) is 2. The second-order valence-corrected chi connectivity index (χ2v) is 8.66. The molecule has 2 heterocycles. The summed E-state index contributed by atoms with van der Waals surface area (Å²) in [5, 5.41) is 45.3. The molecular formula is C23H26N2O7S. The number of thioether (sulfide) groups is 1. The largest absolute Gasteiger partial charge is 0.479 e. The maximum Gasteiger partial charge on any atom is 0.335 e. The lowest BCUT2D eigenvalue weighted by Gasteiger charge is -2.37. The Morgan fingerprint density at radius 3 is 2.03 bits per heavy atom. The normalized spacial score (nSPS) is 23.8. The van der Waals surface area contributed by atoms with E-state index in [-0.39, 0.29) is 5.25 Å². The molecule has 2 aromatic carbocycles. The van der Waals surface area contributed by atoms with Crippen molar-refractivity contribution in [2.45, 2.75) is 36.0 Å². The lowest BCUT2D eigenvalue weighted by Crippen LogP contribution is -2.46. The SMILES string of the molecule is O=C(O)[C@H](O)[C@@H](O)C(=O)O.OC1(c2ccccc2)C(c2ccccc2)SC2=NCCCCN21. The van der Waals surface area contributed by atoms with Crippen LogP contribution in [0.25, 0.3) is 0 Å². The molecule has 4 rings (SSSR count). The Kier molecular flexibility index (Phi) is 8.09. The van der Waals surface area contributed by atoms with Crippen LogP contribution in [0.15, 0.2) is 65.7 Å². The van der Waals surface area contributed by atoms with Gasteiger partial charge in [0.25, 0.3) is 0 Å². The van der Waals surface area contributed by atoms with Gasteiger partial charge in [-0.25, -0.2) is 9.59 Å². The van der Waals surface area contributed by atoms with Crippen LogP contribution < -0.4 is 0 Å². The van der Waals surface area contributed by atoms with E-state index in [1.807, 2.05) is 48.5 Å². The van der Waals surface area contributed by atoms with Crippen LogP contribution in [-0.4, -0.2) is 72.8 Å². The van der Waals surface area contributed by atoms with Crippen molar-refractivity contribution in [1.29, 1.82) is 0 Å². The third kappa shape index (κ3) is 5.36.